The van der Waals surface area contributed by atoms with Crippen LogP contribution in [0.25, 0.3) is 22.4 Å². The minimum atomic E-state index is -4.74. The summed E-state index contributed by atoms with van der Waals surface area (Å²) in [6.45, 7) is 0.739. The summed E-state index contributed by atoms with van der Waals surface area (Å²) >= 11 is 0. The zero-order chi connectivity index (χ0) is 29.7. The highest BCUT2D eigenvalue weighted by Gasteiger charge is 2.43. The molecule has 4 rings (SSSR count). The van der Waals surface area contributed by atoms with Gasteiger partial charge in [-0.05, 0) is 48.8 Å². The summed E-state index contributed by atoms with van der Waals surface area (Å²) in [4.78, 5) is 21.0. The zero-order valence-electron chi connectivity index (χ0n) is 22.5. The zero-order valence-corrected chi connectivity index (χ0v) is 22.5. The summed E-state index contributed by atoms with van der Waals surface area (Å²) < 4.78 is 47.9. The number of nitrogens with zero attached hydrogens (tertiary/aromatic N) is 3. The number of benzene rings is 3. The molecule has 0 amide bonds. The fraction of sp³-hybridized carbons (Fsp3) is 0.233. The molecule has 0 saturated carbocycles. The maximum atomic E-state index is 14.2. The molecule has 0 aliphatic heterocycles. The number of hydrogen-bond acceptors (Lipinski definition) is 7. The van der Waals surface area contributed by atoms with Gasteiger partial charge in [-0.1, -0.05) is 66.7 Å². The number of rotatable bonds is 10. The lowest BCUT2D eigenvalue weighted by molar-refractivity contribution is -0.198. The van der Waals surface area contributed by atoms with E-state index in [-0.39, 0.29) is 29.5 Å². The third-order valence-corrected chi connectivity index (χ3v) is 6.25. The average molecular weight is 566 g/mol. The Morgan fingerprint density at radius 3 is 2.20 bits per heavy atom. The van der Waals surface area contributed by atoms with Crippen molar-refractivity contribution in [3.8, 4) is 28.3 Å². The van der Waals surface area contributed by atoms with Crippen LogP contribution in [0.4, 0.5) is 19.1 Å². The molecule has 0 spiro atoms. The predicted molar refractivity (Wildman–Crippen MR) is 150 cm³/mol. The molecule has 0 bridgehead atoms. The fourth-order valence-corrected chi connectivity index (χ4v) is 4.31. The van der Waals surface area contributed by atoms with Gasteiger partial charge < -0.3 is 26.2 Å². The van der Waals surface area contributed by atoms with E-state index >= 15 is 0 Å². The van der Waals surface area contributed by atoms with Crippen LogP contribution in [0.2, 0.25) is 0 Å². The van der Waals surface area contributed by atoms with Crippen LogP contribution in [0.1, 0.15) is 22.8 Å². The Kier molecular flexibility index (Phi) is 8.89. The molecule has 2 atom stereocenters. The summed E-state index contributed by atoms with van der Waals surface area (Å²) in [6.07, 6.45) is -6.92. The molecule has 0 unspecified atom stereocenters. The topological polar surface area (TPSA) is 128 Å². The maximum absolute atomic E-state index is 14.2. The van der Waals surface area contributed by atoms with Gasteiger partial charge in [-0.25, -0.2) is 4.98 Å². The van der Waals surface area contributed by atoms with Gasteiger partial charge in [0.25, 0.3) is 0 Å². The number of carboxylic acid groups (broad SMARTS) is 1. The van der Waals surface area contributed by atoms with Gasteiger partial charge in [0.1, 0.15) is 6.04 Å². The van der Waals surface area contributed by atoms with Crippen LogP contribution >= 0.6 is 0 Å². The molecule has 4 aromatic rings. The molecule has 214 valence electrons. The predicted octanol–water partition coefficient (Wildman–Crippen LogP) is 5.09. The van der Waals surface area contributed by atoms with Gasteiger partial charge in [0.05, 0.1) is 5.69 Å². The van der Waals surface area contributed by atoms with Gasteiger partial charge in [0, 0.05) is 23.7 Å². The quantitative estimate of drug-likeness (QED) is 0.243. The van der Waals surface area contributed by atoms with Crippen LogP contribution in [0, 0.1) is 0 Å². The van der Waals surface area contributed by atoms with Crippen LogP contribution in [0.3, 0.4) is 0 Å². The highest BCUT2D eigenvalue weighted by atomic mass is 19.4. The Labute approximate surface area is 235 Å². The number of aliphatic carboxylic acids is 1. The van der Waals surface area contributed by atoms with Crippen molar-refractivity contribution in [1.29, 1.82) is 0 Å². The molecule has 0 aliphatic carbocycles. The van der Waals surface area contributed by atoms with E-state index < -0.39 is 24.3 Å². The summed E-state index contributed by atoms with van der Waals surface area (Å²) in [5.74, 6) is -1.72. The molecule has 0 fully saturated rings. The van der Waals surface area contributed by atoms with E-state index in [0.717, 1.165) is 23.2 Å². The third-order valence-electron chi connectivity index (χ3n) is 6.25. The Bertz CT molecular complexity index is 1490. The molecule has 0 radical (unpaired) electrons. The Morgan fingerprint density at radius 2 is 1.59 bits per heavy atom. The molecule has 41 heavy (non-hydrogen) atoms. The van der Waals surface area contributed by atoms with Crippen molar-refractivity contribution in [1.82, 2.24) is 14.9 Å². The van der Waals surface area contributed by atoms with Gasteiger partial charge >= 0.3 is 12.1 Å². The first-order chi connectivity index (χ1) is 19.4. The summed E-state index contributed by atoms with van der Waals surface area (Å²) in [5, 5.41) is 9.00. The van der Waals surface area contributed by atoms with Gasteiger partial charge in [0.15, 0.2) is 0 Å². The second-order valence-corrected chi connectivity index (χ2v) is 9.90. The number of anilines is 1. The van der Waals surface area contributed by atoms with Crippen molar-refractivity contribution in [3.63, 3.8) is 0 Å². The summed E-state index contributed by atoms with van der Waals surface area (Å²) in [7, 11) is 3.92. The second-order valence-electron chi connectivity index (χ2n) is 9.90. The maximum Gasteiger partial charge on any atom is 0.429 e. The van der Waals surface area contributed by atoms with Crippen molar-refractivity contribution in [2.24, 2.45) is 5.73 Å². The highest BCUT2D eigenvalue weighted by Crippen LogP contribution is 2.38. The normalized spacial score (nSPS) is 13.1. The minimum Gasteiger partial charge on any atom is -0.480 e. The summed E-state index contributed by atoms with van der Waals surface area (Å²) in [6, 6.07) is 20.7. The SMILES string of the molecule is CN(C)Cc1cccc(-c2ccc([C@@H](Oc3cc(-c4ccc(C[C@H](N)C(=O)O)cc4)nc(N)n3)C(F)(F)F)cc2)c1. The molecule has 1 heterocycles. The number of ether oxygens (including phenoxy) is 1. The molecule has 0 saturated heterocycles. The monoisotopic (exact) mass is 565 g/mol. The van der Waals surface area contributed by atoms with Crippen molar-refractivity contribution in [2.75, 3.05) is 19.8 Å². The molecular formula is C30H30F3N5O3. The molecule has 0 aliphatic rings. The Morgan fingerprint density at radius 1 is 0.927 bits per heavy atom. The lowest BCUT2D eigenvalue weighted by Gasteiger charge is -2.22. The highest BCUT2D eigenvalue weighted by molar-refractivity contribution is 5.73. The van der Waals surface area contributed by atoms with E-state index in [2.05, 4.69) is 9.97 Å². The standard InChI is InChI=1S/C30H30F3N5O3/c1-38(2)17-19-4-3-5-23(14-19)20-10-12-22(13-11-20)27(30(31,32)33)41-26-16-25(36-29(35)37-26)21-8-6-18(7-9-21)15-24(34)28(39)40/h3-14,16,24,27H,15,17,34H2,1-2H3,(H,39,40)(H2,35,36,37)/t24-,27+/m0/s1. The van der Waals surface area contributed by atoms with E-state index in [1.807, 2.05) is 43.3 Å². The van der Waals surface area contributed by atoms with E-state index in [1.165, 1.54) is 18.2 Å². The van der Waals surface area contributed by atoms with E-state index in [1.54, 1.807) is 36.4 Å². The van der Waals surface area contributed by atoms with Gasteiger partial charge in [-0.2, -0.15) is 18.2 Å². The van der Waals surface area contributed by atoms with E-state index in [4.69, 9.17) is 21.3 Å². The van der Waals surface area contributed by atoms with Crippen molar-refractivity contribution in [3.05, 3.63) is 95.6 Å². The number of carbonyl (C=O) groups is 1. The number of hydrogen-bond donors (Lipinski definition) is 3. The smallest absolute Gasteiger partial charge is 0.429 e. The molecular weight excluding hydrogens is 535 g/mol. The number of carboxylic acids is 1. The molecule has 3 aromatic carbocycles. The number of alkyl halides is 3. The van der Waals surface area contributed by atoms with Gasteiger partial charge in [0.2, 0.25) is 17.9 Å². The third kappa shape index (κ3) is 7.80. The Balaban J connectivity index is 1.57. The van der Waals surface area contributed by atoms with Crippen LogP contribution < -0.4 is 16.2 Å². The first kappa shape index (κ1) is 29.5. The van der Waals surface area contributed by atoms with E-state index in [9.17, 15) is 18.0 Å². The molecule has 1 aromatic heterocycles. The van der Waals surface area contributed by atoms with Crippen molar-refractivity contribution >= 4 is 11.9 Å². The summed E-state index contributed by atoms with van der Waals surface area (Å²) in [5.41, 5.74) is 15.5. The Hall–Kier alpha value is -4.48. The lowest BCUT2D eigenvalue weighted by Crippen LogP contribution is -2.32. The largest absolute Gasteiger partial charge is 0.480 e. The van der Waals surface area contributed by atoms with Crippen LogP contribution in [0.15, 0.2) is 78.9 Å². The average Bonchev–Trinajstić information content (AvgIpc) is 2.91. The molecule has 5 N–H and O–H groups in total. The number of nitrogens with two attached hydrogens (primary N) is 2. The van der Waals surface area contributed by atoms with Crippen LogP contribution in [-0.2, 0) is 17.8 Å². The van der Waals surface area contributed by atoms with Crippen LogP contribution in [0.5, 0.6) is 5.88 Å². The van der Waals surface area contributed by atoms with Gasteiger partial charge in [-0.15, -0.1) is 0 Å². The number of nitrogen functional groups attached to an aromatic ring is 1. The fourth-order valence-electron chi connectivity index (χ4n) is 4.31. The molecule has 8 nitrogen and oxygen atoms in total. The van der Waals surface area contributed by atoms with E-state index in [0.29, 0.717) is 11.1 Å². The number of halogens is 3. The van der Waals surface area contributed by atoms with Crippen molar-refractivity contribution in [2.45, 2.75) is 31.3 Å². The first-order valence-corrected chi connectivity index (χ1v) is 12.7. The minimum absolute atomic E-state index is 0.0939. The lowest BCUT2D eigenvalue weighted by atomic mass is 10.00. The van der Waals surface area contributed by atoms with Crippen LogP contribution in [-0.4, -0.2) is 52.3 Å². The first-order valence-electron chi connectivity index (χ1n) is 12.7. The number of aromatic nitrogens is 2. The second kappa shape index (κ2) is 12.4. The van der Waals surface area contributed by atoms with Crippen molar-refractivity contribution < 1.29 is 27.8 Å². The molecule has 11 heteroatoms. The van der Waals surface area contributed by atoms with Gasteiger partial charge in [-0.3, -0.25) is 4.79 Å².